The van der Waals surface area contributed by atoms with E-state index in [4.69, 9.17) is 13.9 Å². The first-order chi connectivity index (χ1) is 14.8. The van der Waals surface area contributed by atoms with Gasteiger partial charge in [-0.3, -0.25) is 14.9 Å². The van der Waals surface area contributed by atoms with Crippen molar-refractivity contribution in [1.82, 2.24) is 0 Å². The summed E-state index contributed by atoms with van der Waals surface area (Å²) < 4.78 is 15.5. The molecule has 0 aliphatic heterocycles. The number of aryl methyl sites for hydroxylation is 3. The van der Waals surface area contributed by atoms with Gasteiger partial charge < -0.3 is 13.9 Å². The summed E-state index contributed by atoms with van der Waals surface area (Å²) in [5.74, 6) is -2.46. The first-order valence-corrected chi connectivity index (χ1v) is 11.0. The molecule has 9 heteroatoms. The Kier molecular flexibility index (Phi) is 7.27. The van der Waals surface area contributed by atoms with Gasteiger partial charge in [-0.25, -0.2) is 9.59 Å². The number of carbonyl (C=O) groups is 4. The number of furan rings is 1. The fraction of sp³-hybridized carbons (Fsp3) is 0.455. The van der Waals surface area contributed by atoms with Gasteiger partial charge in [0.05, 0.1) is 12.2 Å². The van der Waals surface area contributed by atoms with Crippen LogP contribution in [0.15, 0.2) is 10.5 Å². The lowest BCUT2D eigenvalue weighted by molar-refractivity contribution is -0.119. The van der Waals surface area contributed by atoms with Crippen LogP contribution in [0.5, 0.6) is 0 Å². The van der Waals surface area contributed by atoms with E-state index in [1.807, 2.05) is 6.07 Å². The van der Waals surface area contributed by atoms with E-state index in [9.17, 15) is 19.2 Å². The van der Waals surface area contributed by atoms with Crippen molar-refractivity contribution >= 4 is 40.9 Å². The van der Waals surface area contributed by atoms with E-state index >= 15 is 0 Å². The largest absolute Gasteiger partial charge is 0.462 e. The molecule has 1 N–H and O–H groups in total. The molecule has 0 aromatic carbocycles. The molecule has 1 amide bonds. The standard InChI is InChI=1S/C22H25NO7S/c1-4-28-22(27)19-18(12(2)24)13(3)30-20(19)23-17(25)11-29-21(26)16-10-14-8-6-5-7-9-15(14)31-16/h10H,4-9,11H2,1-3H3,(H,23,25). The summed E-state index contributed by atoms with van der Waals surface area (Å²) in [5, 5.41) is 2.40. The molecule has 0 saturated carbocycles. The van der Waals surface area contributed by atoms with Gasteiger partial charge >= 0.3 is 11.9 Å². The third-order valence-electron chi connectivity index (χ3n) is 4.95. The number of nitrogens with one attached hydrogen (secondary N) is 1. The number of carbonyl (C=O) groups excluding carboxylic acids is 4. The third kappa shape index (κ3) is 5.22. The van der Waals surface area contributed by atoms with Crippen LogP contribution in [0.25, 0.3) is 0 Å². The Morgan fingerprint density at radius 1 is 1.06 bits per heavy atom. The Bertz CT molecular complexity index is 994. The average molecular weight is 448 g/mol. The molecule has 1 aliphatic carbocycles. The van der Waals surface area contributed by atoms with E-state index in [0.717, 1.165) is 25.7 Å². The van der Waals surface area contributed by atoms with Crippen molar-refractivity contribution in [3.8, 4) is 0 Å². The summed E-state index contributed by atoms with van der Waals surface area (Å²) in [4.78, 5) is 50.6. The van der Waals surface area contributed by atoms with Gasteiger partial charge in [0.2, 0.25) is 5.88 Å². The normalized spacial score (nSPS) is 13.1. The second-order valence-electron chi connectivity index (χ2n) is 7.26. The predicted molar refractivity (Wildman–Crippen MR) is 114 cm³/mol. The fourth-order valence-electron chi connectivity index (χ4n) is 3.59. The van der Waals surface area contributed by atoms with Crippen molar-refractivity contribution < 1.29 is 33.1 Å². The number of rotatable bonds is 7. The summed E-state index contributed by atoms with van der Waals surface area (Å²) >= 11 is 1.41. The zero-order chi connectivity index (χ0) is 22.5. The maximum Gasteiger partial charge on any atom is 0.348 e. The number of anilines is 1. The first-order valence-electron chi connectivity index (χ1n) is 10.2. The lowest BCUT2D eigenvalue weighted by Crippen LogP contribution is -2.22. The number of amides is 1. The van der Waals surface area contributed by atoms with E-state index in [0.29, 0.717) is 4.88 Å². The number of thiophene rings is 1. The minimum Gasteiger partial charge on any atom is -0.462 e. The molecular formula is C22H25NO7S. The lowest BCUT2D eigenvalue weighted by atomic mass is 10.1. The Hall–Kier alpha value is -2.94. The van der Waals surface area contributed by atoms with Crippen molar-refractivity contribution in [2.75, 3.05) is 18.5 Å². The summed E-state index contributed by atoms with van der Waals surface area (Å²) in [6.45, 7) is 3.96. The maximum absolute atomic E-state index is 12.4. The smallest absolute Gasteiger partial charge is 0.348 e. The van der Waals surface area contributed by atoms with Gasteiger partial charge in [0, 0.05) is 4.88 Å². The molecule has 0 spiro atoms. The highest BCUT2D eigenvalue weighted by Crippen LogP contribution is 2.30. The van der Waals surface area contributed by atoms with E-state index < -0.39 is 30.2 Å². The highest BCUT2D eigenvalue weighted by Gasteiger charge is 2.29. The third-order valence-corrected chi connectivity index (χ3v) is 6.17. The van der Waals surface area contributed by atoms with Crippen LogP contribution in [0.3, 0.4) is 0 Å². The molecular weight excluding hydrogens is 422 g/mol. The Morgan fingerprint density at radius 2 is 1.81 bits per heavy atom. The molecule has 0 fully saturated rings. The summed E-state index contributed by atoms with van der Waals surface area (Å²) in [5.41, 5.74) is 1.08. The molecule has 0 bridgehead atoms. The Balaban J connectivity index is 1.67. The average Bonchev–Trinajstić information content (AvgIpc) is 3.19. The topological polar surface area (TPSA) is 112 Å². The second-order valence-corrected chi connectivity index (χ2v) is 8.39. The summed E-state index contributed by atoms with van der Waals surface area (Å²) in [6, 6.07) is 1.85. The molecule has 3 rings (SSSR count). The fourth-order valence-corrected chi connectivity index (χ4v) is 4.74. The van der Waals surface area contributed by atoms with Crippen molar-refractivity contribution in [2.45, 2.75) is 52.9 Å². The molecule has 0 unspecified atom stereocenters. The number of hydrogen-bond donors (Lipinski definition) is 1. The van der Waals surface area contributed by atoms with Crippen molar-refractivity contribution in [3.63, 3.8) is 0 Å². The highest BCUT2D eigenvalue weighted by atomic mass is 32.1. The number of esters is 2. The zero-order valence-corrected chi connectivity index (χ0v) is 18.6. The van der Waals surface area contributed by atoms with E-state index in [1.54, 1.807) is 6.92 Å². The van der Waals surface area contributed by atoms with Gasteiger partial charge in [0.15, 0.2) is 12.4 Å². The second kappa shape index (κ2) is 9.91. The predicted octanol–water partition coefficient (Wildman–Crippen LogP) is 4.09. The van der Waals surface area contributed by atoms with Crippen molar-refractivity contribution in [2.24, 2.45) is 0 Å². The van der Waals surface area contributed by atoms with Crippen molar-refractivity contribution in [3.05, 3.63) is 38.3 Å². The van der Waals surface area contributed by atoms with Gasteiger partial charge in [-0.1, -0.05) is 6.42 Å². The lowest BCUT2D eigenvalue weighted by Gasteiger charge is -2.06. The van der Waals surface area contributed by atoms with Crippen LogP contribution in [0.2, 0.25) is 0 Å². The summed E-state index contributed by atoms with van der Waals surface area (Å²) in [7, 11) is 0. The number of fused-ring (bicyclic) bond motifs is 1. The quantitative estimate of drug-likeness (QED) is 0.386. The Morgan fingerprint density at radius 3 is 2.52 bits per heavy atom. The molecule has 1 aliphatic rings. The van der Waals surface area contributed by atoms with Crippen LogP contribution in [0.4, 0.5) is 5.88 Å². The molecule has 0 saturated heterocycles. The molecule has 166 valence electrons. The Labute approximate surface area is 183 Å². The molecule has 31 heavy (non-hydrogen) atoms. The molecule has 2 heterocycles. The van der Waals surface area contributed by atoms with Crippen LogP contribution < -0.4 is 5.32 Å². The van der Waals surface area contributed by atoms with Crippen LogP contribution >= 0.6 is 11.3 Å². The molecule has 0 atom stereocenters. The van der Waals surface area contributed by atoms with E-state index in [-0.39, 0.29) is 29.4 Å². The minimum absolute atomic E-state index is 0.0471. The maximum atomic E-state index is 12.4. The number of ether oxygens (including phenoxy) is 2. The molecule has 0 radical (unpaired) electrons. The van der Waals surface area contributed by atoms with Crippen LogP contribution in [0, 0.1) is 6.92 Å². The SMILES string of the molecule is CCOC(=O)c1c(NC(=O)COC(=O)c2cc3c(s2)CCCCC3)oc(C)c1C(C)=O. The van der Waals surface area contributed by atoms with Crippen LogP contribution in [0.1, 0.15) is 79.7 Å². The monoisotopic (exact) mass is 447 g/mol. The number of Topliss-reactive ketones (excluding diaryl/α,β-unsaturated/α-hetero) is 1. The van der Waals surface area contributed by atoms with Crippen molar-refractivity contribution in [1.29, 1.82) is 0 Å². The molecule has 8 nitrogen and oxygen atoms in total. The van der Waals surface area contributed by atoms with Gasteiger partial charge in [-0.05, 0) is 58.1 Å². The number of ketones is 1. The van der Waals surface area contributed by atoms with Gasteiger partial charge in [0.1, 0.15) is 16.2 Å². The van der Waals surface area contributed by atoms with E-state index in [1.165, 1.54) is 42.0 Å². The van der Waals surface area contributed by atoms with E-state index in [2.05, 4.69) is 5.32 Å². The summed E-state index contributed by atoms with van der Waals surface area (Å²) in [6.07, 6.45) is 5.31. The van der Waals surface area contributed by atoms with Crippen LogP contribution in [-0.4, -0.2) is 36.8 Å². The molecule has 2 aromatic heterocycles. The minimum atomic E-state index is -0.781. The van der Waals surface area contributed by atoms with Gasteiger partial charge in [-0.15, -0.1) is 11.3 Å². The van der Waals surface area contributed by atoms with Gasteiger partial charge in [-0.2, -0.15) is 0 Å². The highest BCUT2D eigenvalue weighted by molar-refractivity contribution is 7.14. The van der Waals surface area contributed by atoms with Crippen LogP contribution in [-0.2, 0) is 27.1 Å². The zero-order valence-electron chi connectivity index (χ0n) is 17.8. The first kappa shape index (κ1) is 22.7. The molecule has 2 aromatic rings. The van der Waals surface area contributed by atoms with Gasteiger partial charge in [0.25, 0.3) is 5.91 Å². The number of hydrogen-bond acceptors (Lipinski definition) is 8.